The number of esters is 1. The molecule has 5 heteroatoms. The van der Waals surface area contributed by atoms with Gasteiger partial charge in [-0.1, -0.05) is 30.3 Å². The molecule has 1 aliphatic rings. The Labute approximate surface area is 116 Å². The van der Waals surface area contributed by atoms with Gasteiger partial charge in [0, 0.05) is 0 Å². The molecule has 2 rings (SSSR count). The minimum atomic E-state index is -1.74. The summed E-state index contributed by atoms with van der Waals surface area (Å²) < 4.78 is 4.91. The fourth-order valence-corrected chi connectivity index (χ4v) is 2.67. The number of rotatable bonds is 3. The van der Waals surface area contributed by atoms with Crippen LogP contribution < -0.4 is 0 Å². The second kappa shape index (κ2) is 4.68. The maximum Gasteiger partial charge on any atom is 0.330 e. The fourth-order valence-electron chi connectivity index (χ4n) is 2.67. The molecule has 98 valence electrons. The van der Waals surface area contributed by atoms with E-state index in [0.717, 1.165) is 0 Å². The SMILES string of the molecule is CCOC(=O)C1(C#N)C(c2ccccc2)C1(C#N)C#N. The molecule has 0 bridgehead atoms. The van der Waals surface area contributed by atoms with Gasteiger partial charge < -0.3 is 4.74 Å². The number of carbonyl (C=O) groups excluding carboxylic acids is 1. The molecule has 0 saturated heterocycles. The van der Waals surface area contributed by atoms with Crippen molar-refractivity contribution < 1.29 is 9.53 Å². The van der Waals surface area contributed by atoms with E-state index in [-0.39, 0.29) is 6.61 Å². The molecule has 1 saturated carbocycles. The number of nitrogens with zero attached hydrogens (tertiary/aromatic N) is 3. The van der Waals surface area contributed by atoms with Gasteiger partial charge in [-0.25, -0.2) is 0 Å². The van der Waals surface area contributed by atoms with Crippen LogP contribution in [0.15, 0.2) is 30.3 Å². The van der Waals surface area contributed by atoms with Crippen molar-refractivity contribution >= 4 is 5.97 Å². The van der Waals surface area contributed by atoms with Gasteiger partial charge in [0.15, 0.2) is 10.8 Å². The Balaban J connectivity index is 2.58. The van der Waals surface area contributed by atoms with Crippen molar-refractivity contribution in [3.05, 3.63) is 35.9 Å². The quantitative estimate of drug-likeness (QED) is 0.777. The third kappa shape index (κ3) is 1.43. The van der Waals surface area contributed by atoms with Crippen LogP contribution >= 0.6 is 0 Å². The van der Waals surface area contributed by atoms with Gasteiger partial charge >= 0.3 is 5.97 Å². The van der Waals surface area contributed by atoms with Crippen molar-refractivity contribution in [2.24, 2.45) is 10.8 Å². The summed E-state index contributed by atoms with van der Waals surface area (Å²) in [6, 6.07) is 14.2. The van der Waals surface area contributed by atoms with Crippen LogP contribution in [0.1, 0.15) is 18.4 Å². The van der Waals surface area contributed by atoms with Crippen LogP contribution in [0.2, 0.25) is 0 Å². The molecule has 0 aromatic heterocycles. The van der Waals surface area contributed by atoms with Crippen molar-refractivity contribution in [1.29, 1.82) is 15.8 Å². The lowest BCUT2D eigenvalue weighted by Gasteiger charge is -2.07. The number of hydrogen-bond acceptors (Lipinski definition) is 5. The summed E-state index contributed by atoms with van der Waals surface area (Å²) in [5.74, 6) is -1.59. The van der Waals surface area contributed by atoms with Crippen LogP contribution in [0, 0.1) is 44.8 Å². The summed E-state index contributed by atoms with van der Waals surface area (Å²) in [6.45, 7) is 1.71. The number of hydrogen-bond donors (Lipinski definition) is 0. The third-order valence-corrected chi connectivity index (χ3v) is 3.66. The molecule has 0 amide bonds. The zero-order valence-electron chi connectivity index (χ0n) is 10.8. The van der Waals surface area contributed by atoms with E-state index in [1.54, 1.807) is 37.3 Å². The lowest BCUT2D eigenvalue weighted by atomic mass is 9.97. The minimum absolute atomic E-state index is 0.0940. The molecule has 5 nitrogen and oxygen atoms in total. The van der Waals surface area contributed by atoms with Crippen molar-refractivity contribution in [3.63, 3.8) is 0 Å². The summed E-state index contributed by atoms with van der Waals surface area (Å²) in [7, 11) is 0. The Morgan fingerprint density at radius 2 is 1.80 bits per heavy atom. The average molecular weight is 265 g/mol. The van der Waals surface area contributed by atoms with Crippen LogP contribution in [0.5, 0.6) is 0 Å². The standard InChI is InChI=1S/C15H11N3O2/c1-2-20-13(19)15(10-18)12(14(15,8-16)9-17)11-6-4-3-5-7-11/h3-7,12H,2H2,1H3. The predicted molar refractivity (Wildman–Crippen MR) is 67.5 cm³/mol. The van der Waals surface area contributed by atoms with E-state index >= 15 is 0 Å². The van der Waals surface area contributed by atoms with Gasteiger partial charge in [0.2, 0.25) is 0 Å². The highest BCUT2D eigenvalue weighted by molar-refractivity contribution is 5.91. The lowest BCUT2D eigenvalue weighted by Crippen LogP contribution is -2.24. The highest BCUT2D eigenvalue weighted by atomic mass is 16.5. The van der Waals surface area contributed by atoms with E-state index in [4.69, 9.17) is 4.74 Å². The van der Waals surface area contributed by atoms with Crippen molar-refractivity contribution in [3.8, 4) is 18.2 Å². The normalized spacial score (nSPS) is 25.6. The Hall–Kier alpha value is -2.84. The Morgan fingerprint density at radius 1 is 1.20 bits per heavy atom. The summed E-state index contributed by atoms with van der Waals surface area (Å²) >= 11 is 0. The molecule has 1 aliphatic carbocycles. The molecule has 0 heterocycles. The smallest absolute Gasteiger partial charge is 0.330 e. The summed E-state index contributed by atoms with van der Waals surface area (Å²) in [4.78, 5) is 12.1. The van der Waals surface area contributed by atoms with E-state index in [1.807, 2.05) is 18.2 Å². The van der Waals surface area contributed by atoms with E-state index in [9.17, 15) is 20.6 Å². The average Bonchev–Trinajstić information content (AvgIpc) is 3.12. The van der Waals surface area contributed by atoms with Crippen molar-refractivity contribution in [1.82, 2.24) is 0 Å². The van der Waals surface area contributed by atoms with E-state index in [1.165, 1.54) is 0 Å². The van der Waals surface area contributed by atoms with Crippen molar-refractivity contribution in [2.75, 3.05) is 6.61 Å². The summed E-state index contributed by atoms with van der Waals surface area (Å²) in [6.07, 6.45) is 0. The predicted octanol–water partition coefficient (Wildman–Crippen LogP) is 1.89. The molecule has 20 heavy (non-hydrogen) atoms. The molecule has 0 N–H and O–H groups in total. The second-order valence-electron chi connectivity index (χ2n) is 4.52. The van der Waals surface area contributed by atoms with Crippen molar-refractivity contribution in [2.45, 2.75) is 12.8 Å². The maximum absolute atomic E-state index is 12.1. The van der Waals surface area contributed by atoms with Gasteiger partial charge in [0.05, 0.1) is 30.7 Å². The molecule has 1 aromatic rings. The summed E-state index contributed by atoms with van der Waals surface area (Å²) in [5, 5.41) is 28.1. The highest BCUT2D eigenvalue weighted by Gasteiger charge is 2.85. The van der Waals surface area contributed by atoms with Crippen LogP contribution in [-0.2, 0) is 9.53 Å². The first-order valence-electron chi connectivity index (χ1n) is 6.10. The highest BCUT2D eigenvalue weighted by Crippen LogP contribution is 2.74. The second-order valence-corrected chi connectivity index (χ2v) is 4.52. The zero-order valence-corrected chi connectivity index (χ0v) is 10.8. The van der Waals surface area contributed by atoms with Gasteiger partial charge in [-0.05, 0) is 12.5 Å². The van der Waals surface area contributed by atoms with Crippen LogP contribution in [0.4, 0.5) is 0 Å². The van der Waals surface area contributed by atoms with E-state index in [2.05, 4.69) is 0 Å². The molecule has 0 aliphatic heterocycles. The molecule has 0 spiro atoms. The Morgan fingerprint density at radius 3 is 2.25 bits per heavy atom. The lowest BCUT2D eigenvalue weighted by molar-refractivity contribution is -0.148. The topological polar surface area (TPSA) is 97.7 Å². The molecule has 2 atom stereocenters. The van der Waals surface area contributed by atoms with Gasteiger partial charge in [-0.2, -0.15) is 15.8 Å². The minimum Gasteiger partial charge on any atom is -0.465 e. The van der Waals surface area contributed by atoms with Crippen LogP contribution in [0.25, 0.3) is 0 Å². The zero-order chi connectivity index (χ0) is 14.8. The number of nitriles is 3. The number of ether oxygens (including phenoxy) is 1. The first-order chi connectivity index (χ1) is 9.64. The molecule has 2 unspecified atom stereocenters. The van der Waals surface area contributed by atoms with Crippen LogP contribution in [0.3, 0.4) is 0 Å². The maximum atomic E-state index is 12.1. The molecule has 0 radical (unpaired) electrons. The third-order valence-electron chi connectivity index (χ3n) is 3.66. The van der Waals surface area contributed by atoms with Crippen LogP contribution in [-0.4, -0.2) is 12.6 Å². The molecular weight excluding hydrogens is 254 g/mol. The Bertz CT molecular complexity index is 649. The van der Waals surface area contributed by atoms with Gasteiger partial charge in [-0.15, -0.1) is 0 Å². The number of carbonyl (C=O) groups is 1. The van der Waals surface area contributed by atoms with Gasteiger partial charge in [-0.3, -0.25) is 4.79 Å². The fraction of sp³-hybridized carbons (Fsp3) is 0.333. The van der Waals surface area contributed by atoms with Gasteiger partial charge in [0.25, 0.3) is 0 Å². The van der Waals surface area contributed by atoms with E-state index < -0.39 is 22.7 Å². The summed E-state index contributed by atoms with van der Waals surface area (Å²) in [5.41, 5.74) is -2.81. The number of benzene rings is 1. The largest absolute Gasteiger partial charge is 0.465 e. The molecule has 1 aromatic carbocycles. The van der Waals surface area contributed by atoms with Gasteiger partial charge in [0.1, 0.15) is 0 Å². The molecular formula is C15H11N3O2. The monoisotopic (exact) mass is 265 g/mol. The Kier molecular flexibility index (Phi) is 3.18. The van der Waals surface area contributed by atoms with E-state index in [0.29, 0.717) is 5.56 Å². The molecule has 1 fully saturated rings. The first-order valence-corrected chi connectivity index (χ1v) is 6.10. The first kappa shape index (κ1) is 13.6.